The summed E-state index contributed by atoms with van der Waals surface area (Å²) < 4.78 is 0. The SMILES string of the molecule is Cc1ccccc1N1CCN(CCC(=O)N2CCNCC2)CC1.Cl. The molecule has 0 radical (unpaired) electrons. The molecule has 6 heteroatoms. The van der Waals surface area contributed by atoms with Crippen LogP contribution in [0.1, 0.15) is 12.0 Å². The second-order valence-electron chi connectivity index (χ2n) is 6.50. The Balaban J connectivity index is 0.00000208. The number of anilines is 1. The van der Waals surface area contributed by atoms with E-state index in [1.54, 1.807) is 0 Å². The first-order valence-corrected chi connectivity index (χ1v) is 8.75. The lowest BCUT2D eigenvalue weighted by molar-refractivity contribution is -0.132. The Kier molecular flexibility index (Phi) is 7.34. The number of piperazine rings is 2. The van der Waals surface area contributed by atoms with Gasteiger partial charge in [0.15, 0.2) is 0 Å². The van der Waals surface area contributed by atoms with Crippen LogP contribution >= 0.6 is 12.4 Å². The Morgan fingerprint density at radius 1 is 1.04 bits per heavy atom. The summed E-state index contributed by atoms with van der Waals surface area (Å²) in [6.07, 6.45) is 0.657. The van der Waals surface area contributed by atoms with E-state index in [-0.39, 0.29) is 12.4 Å². The number of aryl methyl sites for hydroxylation is 1. The standard InChI is InChI=1S/C18H28N4O.ClH/c1-16-4-2-3-5-17(16)21-14-12-20(13-15-21)9-6-18(23)22-10-7-19-8-11-22;/h2-5,19H,6-15H2,1H3;1H. The number of para-hydroxylation sites is 1. The van der Waals surface area contributed by atoms with Crippen molar-refractivity contribution < 1.29 is 4.79 Å². The van der Waals surface area contributed by atoms with Crippen LogP contribution in [0.2, 0.25) is 0 Å². The minimum atomic E-state index is 0. The van der Waals surface area contributed by atoms with Gasteiger partial charge in [0, 0.05) is 71.0 Å². The molecule has 2 fully saturated rings. The monoisotopic (exact) mass is 352 g/mol. The van der Waals surface area contributed by atoms with E-state index in [1.807, 2.05) is 4.90 Å². The second kappa shape index (κ2) is 9.25. The lowest BCUT2D eigenvalue weighted by Crippen LogP contribution is -2.49. The van der Waals surface area contributed by atoms with Crippen LogP contribution in [-0.2, 0) is 4.79 Å². The van der Waals surface area contributed by atoms with Crippen molar-refractivity contribution in [2.75, 3.05) is 63.8 Å². The molecule has 1 aromatic carbocycles. The van der Waals surface area contributed by atoms with Gasteiger partial charge in [0.2, 0.25) is 5.91 Å². The van der Waals surface area contributed by atoms with E-state index in [9.17, 15) is 4.79 Å². The summed E-state index contributed by atoms with van der Waals surface area (Å²) in [7, 11) is 0. The molecule has 2 heterocycles. The molecule has 1 N–H and O–H groups in total. The minimum Gasteiger partial charge on any atom is -0.369 e. The molecule has 0 bridgehead atoms. The molecule has 2 aliphatic heterocycles. The smallest absolute Gasteiger partial charge is 0.223 e. The highest BCUT2D eigenvalue weighted by atomic mass is 35.5. The average molecular weight is 353 g/mol. The highest BCUT2D eigenvalue weighted by Gasteiger charge is 2.20. The van der Waals surface area contributed by atoms with E-state index >= 15 is 0 Å². The van der Waals surface area contributed by atoms with Crippen LogP contribution in [0, 0.1) is 6.92 Å². The fourth-order valence-corrected chi connectivity index (χ4v) is 3.46. The van der Waals surface area contributed by atoms with Gasteiger partial charge >= 0.3 is 0 Å². The summed E-state index contributed by atoms with van der Waals surface area (Å²) in [4.78, 5) is 19.1. The minimum absolute atomic E-state index is 0. The predicted octanol–water partition coefficient (Wildman–Crippen LogP) is 1.36. The molecule has 2 saturated heterocycles. The molecule has 0 saturated carbocycles. The largest absolute Gasteiger partial charge is 0.369 e. The Morgan fingerprint density at radius 3 is 2.38 bits per heavy atom. The normalized spacial score (nSPS) is 19.0. The molecule has 5 nitrogen and oxygen atoms in total. The Morgan fingerprint density at radius 2 is 1.71 bits per heavy atom. The molecule has 0 aliphatic carbocycles. The third-order valence-electron chi connectivity index (χ3n) is 4.94. The van der Waals surface area contributed by atoms with Gasteiger partial charge in [-0.3, -0.25) is 9.69 Å². The lowest BCUT2D eigenvalue weighted by Gasteiger charge is -2.37. The molecule has 134 valence electrons. The first kappa shape index (κ1) is 19.0. The van der Waals surface area contributed by atoms with E-state index in [4.69, 9.17) is 0 Å². The Labute approximate surface area is 151 Å². The molecule has 1 aromatic rings. The average Bonchev–Trinajstić information content (AvgIpc) is 2.61. The maximum Gasteiger partial charge on any atom is 0.223 e. The summed E-state index contributed by atoms with van der Waals surface area (Å²) in [5.74, 6) is 0.313. The zero-order chi connectivity index (χ0) is 16.1. The molecular formula is C18H29ClN4O. The van der Waals surface area contributed by atoms with Crippen molar-refractivity contribution in [2.45, 2.75) is 13.3 Å². The molecule has 3 rings (SSSR count). The Bertz CT molecular complexity index is 526. The molecular weight excluding hydrogens is 324 g/mol. The zero-order valence-corrected chi connectivity index (χ0v) is 15.4. The summed E-state index contributed by atoms with van der Waals surface area (Å²) in [6, 6.07) is 8.59. The highest BCUT2D eigenvalue weighted by Crippen LogP contribution is 2.20. The van der Waals surface area contributed by atoms with E-state index in [1.165, 1.54) is 11.3 Å². The number of nitrogens with one attached hydrogen (secondary N) is 1. The Hall–Kier alpha value is -1.30. The fourth-order valence-electron chi connectivity index (χ4n) is 3.46. The van der Waals surface area contributed by atoms with Crippen molar-refractivity contribution >= 4 is 24.0 Å². The third-order valence-corrected chi connectivity index (χ3v) is 4.94. The zero-order valence-electron chi connectivity index (χ0n) is 14.5. The first-order chi connectivity index (χ1) is 11.2. The summed E-state index contributed by atoms with van der Waals surface area (Å²) >= 11 is 0. The maximum absolute atomic E-state index is 12.2. The molecule has 0 unspecified atom stereocenters. The summed E-state index contributed by atoms with van der Waals surface area (Å²) in [5, 5.41) is 3.29. The predicted molar refractivity (Wildman–Crippen MR) is 101 cm³/mol. The van der Waals surface area contributed by atoms with Gasteiger partial charge in [-0.2, -0.15) is 0 Å². The van der Waals surface area contributed by atoms with Gasteiger partial charge in [-0.05, 0) is 18.6 Å². The van der Waals surface area contributed by atoms with E-state index in [0.717, 1.165) is 58.9 Å². The van der Waals surface area contributed by atoms with Gasteiger partial charge in [-0.25, -0.2) is 0 Å². The molecule has 0 atom stereocenters. The van der Waals surface area contributed by atoms with Crippen LogP contribution in [0.5, 0.6) is 0 Å². The van der Waals surface area contributed by atoms with Gasteiger partial charge in [-0.15, -0.1) is 12.4 Å². The van der Waals surface area contributed by atoms with Crippen molar-refractivity contribution in [3.63, 3.8) is 0 Å². The van der Waals surface area contributed by atoms with Crippen LogP contribution in [0.3, 0.4) is 0 Å². The van der Waals surface area contributed by atoms with E-state index in [0.29, 0.717) is 12.3 Å². The molecule has 1 amide bonds. The fraction of sp³-hybridized carbons (Fsp3) is 0.611. The number of hydrogen-bond acceptors (Lipinski definition) is 4. The van der Waals surface area contributed by atoms with Crippen molar-refractivity contribution in [1.29, 1.82) is 0 Å². The second-order valence-corrected chi connectivity index (χ2v) is 6.50. The van der Waals surface area contributed by atoms with Crippen molar-refractivity contribution in [2.24, 2.45) is 0 Å². The van der Waals surface area contributed by atoms with Crippen LogP contribution in [-0.4, -0.2) is 74.6 Å². The van der Waals surface area contributed by atoms with Crippen molar-refractivity contribution in [3.05, 3.63) is 29.8 Å². The van der Waals surface area contributed by atoms with Gasteiger partial charge in [0.25, 0.3) is 0 Å². The van der Waals surface area contributed by atoms with Crippen LogP contribution in [0.25, 0.3) is 0 Å². The van der Waals surface area contributed by atoms with Crippen LogP contribution < -0.4 is 10.2 Å². The van der Waals surface area contributed by atoms with Crippen molar-refractivity contribution in [1.82, 2.24) is 15.1 Å². The number of carbonyl (C=O) groups excluding carboxylic acids is 1. The molecule has 24 heavy (non-hydrogen) atoms. The van der Waals surface area contributed by atoms with Gasteiger partial charge in [-0.1, -0.05) is 18.2 Å². The number of hydrogen-bond donors (Lipinski definition) is 1. The van der Waals surface area contributed by atoms with Crippen LogP contribution in [0.4, 0.5) is 5.69 Å². The van der Waals surface area contributed by atoms with Crippen molar-refractivity contribution in [3.8, 4) is 0 Å². The number of benzene rings is 1. The number of carbonyl (C=O) groups is 1. The van der Waals surface area contributed by atoms with E-state index in [2.05, 4.69) is 46.3 Å². The number of rotatable bonds is 4. The topological polar surface area (TPSA) is 38.8 Å². The summed E-state index contributed by atoms with van der Waals surface area (Å²) in [6.45, 7) is 10.8. The first-order valence-electron chi connectivity index (χ1n) is 8.75. The van der Waals surface area contributed by atoms with Gasteiger partial charge in [0.1, 0.15) is 0 Å². The van der Waals surface area contributed by atoms with E-state index < -0.39 is 0 Å². The number of nitrogens with zero attached hydrogens (tertiary/aromatic N) is 3. The molecule has 0 spiro atoms. The number of halogens is 1. The maximum atomic E-state index is 12.2. The summed E-state index contributed by atoms with van der Waals surface area (Å²) in [5.41, 5.74) is 2.69. The third kappa shape index (κ3) is 4.85. The molecule has 2 aliphatic rings. The van der Waals surface area contributed by atoms with Gasteiger partial charge < -0.3 is 15.1 Å². The molecule has 0 aromatic heterocycles. The van der Waals surface area contributed by atoms with Crippen LogP contribution in [0.15, 0.2) is 24.3 Å². The van der Waals surface area contributed by atoms with Gasteiger partial charge in [0.05, 0.1) is 0 Å². The number of amides is 1. The quantitative estimate of drug-likeness (QED) is 0.888. The lowest BCUT2D eigenvalue weighted by atomic mass is 10.1. The highest BCUT2D eigenvalue weighted by molar-refractivity contribution is 5.85.